The molecule has 154 valence electrons. The molecular formula is C22H39N2O2P. The summed E-state index contributed by atoms with van der Waals surface area (Å²) in [5.74, 6) is 0. The Balaban J connectivity index is 2.05. The number of anilines is 1. The molecule has 5 heteroatoms. The number of hydrogen-bond donors (Lipinski definition) is 0. The molecule has 1 aromatic carbocycles. The molecule has 1 saturated heterocycles. The molecule has 1 aliphatic heterocycles. The van der Waals surface area contributed by atoms with Crippen molar-refractivity contribution in [3.63, 3.8) is 0 Å². The average molecular weight is 395 g/mol. The highest BCUT2D eigenvalue weighted by molar-refractivity contribution is 7.58. The van der Waals surface area contributed by atoms with Crippen molar-refractivity contribution in [1.82, 2.24) is 4.67 Å². The maximum atomic E-state index is 14.0. The lowest BCUT2D eigenvalue weighted by Crippen LogP contribution is -2.47. The fourth-order valence-corrected chi connectivity index (χ4v) is 6.17. The van der Waals surface area contributed by atoms with E-state index in [4.69, 9.17) is 4.52 Å². The molecule has 2 rings (SSSR count). The van der Waals surface area contributed by atoms with Crippen molar-refractivity contribution in [3.8, 4) is 0 Å². The monoisotopic (exact) mass is 394 g/mol. The average Bonchev–Trinajstić information content (AvgIpc) is 2.64. The fraction of sp³-hybridized carbons (Fsp3) is 0.727. The lowest BCUT2D eigenvalue weighted by atomic mass is 9.88. The Labute approximate surface area is 166 Å². The summed E-state index contributed by atoms with van der Waals surface area (Å²) >= 11 is 0. The van der Waals surface area contributed by atoms with Crippen LogP contribution in [0, 0.1) is 5.41 Å². The lowest BCUT2D eigenvalue weighted by Gasteiger charge is -2.44. The van der Waals surface area contributed by atoms with Gasteiger partial charge in [0.2, 0.25) is 0 Å². The minimum absolute atomic E-state index is 0.0583. The van der Waals surface area contributed by atoms with E-state index in [1.165, 1.54) is 18.5 Å². The van der Waals surface area contributed by atoms with E-state index in [1.807, 2.05) is 6.07 Å². The van der Waals surface area contributed by atoms with Crippen molar-refractivity contribution >= 4 is 13.2 Å². The molecule has 1 unspecified atom stereocenters. The summed E-state index contributed by atoms with van der Waals surface area (Å²) in [6, 6.07) is 10.5. The zero-order chi connectivity index (χ0) is 20.1. The number of hydrogen-bond acceptors (Lipinski definition) is 3. The van der Waals surface area contributed by atoms with Crippen LogP contribution in [0.25, 0.3) is 0 Å². The highest BCUT2D eigenvalue weighted by Gasteiger charge is 2.45. The smallest absolute Gasteiger partial charge is 0.277 e. The first kappa shape index (κ1) is 22.5. The Hall–Kier alpha value is -0.830. The Morgan fingerprint density at radius 3 is 2.11 bits per heavy atom. The molecule has 0 aromatic heterocycles. The number of unbranched alkanes of at least 4 members (excludes halogenated alkanes) is 1. The SMILES string of the molecule is CCCCC(C)(C)COP(=O)(N1CCN(c2ccccc2)CC1)C(C)(C)C. The van der Waals surface area contributed by atoms with Gasteiger partial charge in [-0.25, -0.2) is 4.67 Å². The number of nitrogens with zero attached hydrogens (tertiary/aromatic N) is 2. The minimum atomic E-state index is -2.92. The normalized spacial score (nSPS) is 19.1. The molecule has 0 radical (unpaired) electrons. The molecule has 0 amide bonds. The zero-order valence-electron chi connectivity index (χ0n) is 18.2. The van der Waals surface area contributed by atoms with E-state index in [2.05, 4.69) is 75.4 Å². The van der Waals surface area contributed by atoms with E-state index in [1.54, 1.807) is 0 Å². The second kappa shape index (κ2) is 9.11. The molecule has 0 aliphatic carbocycles. The van der Waals surface area contributed by atoms with Gasteiger partial charge in [-0.2, -0.15) is 0 Å². The Morgan fingerprint density at radius 2 is 1.59 bits per heavy atom. The van der Waals surface area contributed by atoms with Crippen molar-refractivity contribution < 1.29 is 9.09 Å². The van der Waals surface area contributed by atoms with Crippen molar-refractivity contribution in [2.24, 2.45) is 5.41 Å². The van der Waals surface area contributed by atoms with Crippen molar-refractivity contribution in [3.05, 3.63) is 30.3 Å². The maximum absolute atomic E-state index is 14.0. The van der Waals surface area contributed by atoms with Gasteiger partial charge in [0.05, 0.1) is 11.8 Å². The molecule has 1 fully saturated rings. The van der Waals surface area contributed by atoms with E-state index in [-0.39, 0.29) is 10.6 Å². The van der Waals surface area contributed by atoms with Crippen LogP contribution in [0.1, 0.15) is 60.8 Å². The number of para-hydroxylation sites is 1. The first-order valence-corrected chi connectivity index (χ1v) is 12.0. The minimum Gasteiger partial charge on any atom is -0.369 e. The zero-order valence-corrected chi connectivity index (χ0v) is 19.1. The van der Waals surface area contributed by atoms with Gasteiger partial charge in [0, 0.05) is 31.9 Å². The van der Waals surface area contributed by atoms with Gasteiger partial charge < -0.3 is 9.42 Å². The molecule has 27 heavy (non-hydrogen) atoms. The Kier molecular flexibility index (Phi) is 7.58. The van der Waals surface area contributed by atoms with Crippen LogP contribution in [0.4, 0.5) is 5.69 Å². The van der Waals surface area contributed by atoms with Crippen LogP contribution in [-0.4, -0.2) is 42.6 Å². The van der Waals surface area contributed by atoms with Gasteiger partial charge >= 0.3 is 0 Å². The quantitative estimate of drug-likeness (QED) is 0.504. The number of piperazine rings is 1. The Morgan fingerprint density at radius 1 is 1.00 bits per heavy atom. The second-order valence-corrected chi connectivity index (χ2v) is 12.7. The van der Waals surface area contributed by atoms with Crippen LogP contribution in [0.5, 0.6) is 0 Å². The van der Waals surface area contributed by atoms with E-state index >= 15 is 0 Å². The molecular weight excluding hydrogens is 355 g/mol. The summed E-state index contributed by atoms with van der Waals surface area (Å²) < 4.78 is 22.5. The topological polar surface area (TPSA) is 32.8 Å². The molecule has 1 atom stereocenters. The van der Waals surface area contributed by atoms with E-state index in [0.717, 1.165) is 32.6 Å². The van der Waals surface area contributed by atoms with Gasteiger partial charge in [0.15, 0.2) is 0 Å². The Bertz CT molecular complexity index is 617. The third-order valence-electron chi connectivity index (χ3n) is 5.43. The maximum Gasteiger partial charge on any atom is 0.277 e. The predicted octanol–water partition coefficient (Wildman–Crippen LogP) is 6.03. The molecule has 1 heterocycles. The summed E-state index contributed by atoms with van der Waals surface area (Å²) in [6.45, 7) is 16.7. The van der Waals surface area contributed by atoms with Crippen LogP contribution in [0.3, 0.4) is 0 Å². The second-order valence-electron chi connectivity index (χ2n) is 9.51. The van der Waals surface area contributed by atoms with Crippen molar-refractivity contribution in [2.75, 3.05) is 37.7 Å². The molecule has 4 nitrogen and oxygen atoms in total. The highest BCUT2D eigenvalue weighted by Crippen LogP contribution is 2.62. The summed E-state index contributed by atoms with van der Waals surface area (Å²) in [5, 5.41) is -0.386. The van der Waals surface area contributed by atoms with Crippen molar-refractivity contribution in [2.45, 2.75) is 66.0 Å². The van der Waals surface area contributed by atoms with Gasteiger partial charge in [-0.3, -0.25) is 4.57 Å². The van der Waals surface area contributed by atoms with Gasteiger partial charge in [-0.1, -0.05) is 51.8 Å². The molecule has 0 spiro atoms. The predicted molar refractivity (Wildman–Crippen MR) is 117 cm³/mol. The molecule has 0 bridgehead atoms. The van der Waals surface area contributed by atoms with Crippen LogP contribution >= 0.6 is 7.52 Å². The number of benzene rings is 1. The summed E-state index contributed by atoms with van der Waals surface area (Å²) in [5.41, 5.74) is 1.30. The molecule has 1 aromatic rings. The third-order valence-corrected chi connectivity index (χ3v) is 8.75. The standard InChI is InChI=1S/C22H39N2O2P/c1-7-8-14-22(5,6)19-26-27(25,21(2,3)4)24-17-15-23(16-18-24)20-12-10-9-11-13-20/h9-13H,7-8,14-19H2,1-6H3. The van der Waals surface area contributed by atoms with E-state index in [9.17, 15) is 4.57 Å². The third kappa shape index (κ3) is 5.82. The van der Waals surface area contributed by atoms with Gasteiger partial charge in [-0.05, 0) is 44.7 Å². The molecule has 0 saturated carbocycles. The first-order chi connectivity index (χ1) is 12.6. The largest absolute Gasteiger partial charge is 0.369 e. The van der Waals surface area contributed by atoms with Crippen LogP contribution in [-0.2, 0) is 9.09 Å². The lowest BCUT2D eigenvalue weighted by molar-refractivity contribution is 0.144. The summed E-state index contributed by atoms with van der Waals surface area (Å²) in [7, 11) is -2.92. The van der Waals surface area contributed by atoms with Crippen LogP contribution in [0.15, 0.2) is 30.3 Å². The van der Waals surface area contributed by atoms with Gasteiger partial charge in [0.25, 0.3) is 7.52 Å². The molecule has 0 N–H and O–H groups in total. The summed E-state index contributed by atoms with van der Waals surface area (Å²) in [6.07, 6.45) is 3.48. The summed E-state index contributed by atoms with van der Waals surface area (Å²) in [4.78, 5) is 2.37. The highest BCUT2D eigenvalue weighted by atomic mass is 31.2. The fourth-order valence-electron chi connectivity index (χ4n) is 3.55. The number of rotatable bonds is 8. The van der Waals surface area contributed by atoms with Gasteiger partial charge in [-0.15, -0.1) is 0 Å². The van der Waals surface area contributed by atoms with Crippen LogP contribution in [0.2, 0.25) is 0 Å². The first-order valence-electron chi connectivity index (χ1n) is 10.4. The van der Waals surface area contributed by atoms with E-state index < -0.39 is 7.52 Å². The van der Waals surface area contributed by atoms with E-state index in [0.29, 0.717) is 6.61 Å². The van der Waals surface area contributed by atoms with Crippen LogP contribution < -0.4 is 4.90 Å². The molecule has 1 aliphatic rings. The van der Waals surface area contributed by atoms with Gasteiger partial charge in [0.1, 0.15) is 0 Å². The van der Waals surface area contributed by atoms with Crippen molar-refractivity contribution in [1.29, 1.82) is 0 Å².